The summed E-state index contributed by atoms with van der Waals surface area (Å²) in [4.78, 5) is 21.1. The quantitative estimate of drug-likeness (QED) is 0.271. The summed E-state index contributed by atoms with van der Waals surface area (Å²) in [7, 11) is 1.67. The van der Waals surface area contributed by atoms with Gasteiger partial charge in [0.2, 0.25) is 5.95 Å². The summed E-state index contributed by atoms with van der Waals surface area (Å²) in [6.45, 7) is 0.828. The molecule has 1 saturated carbocycles. The van der Waals surface area contributed by atoms with Crippen LogP contribution in [0.2, 0.25) is 0 Å². The second kappa shape index (κ2) is 10.9. The van der Waals surface area contributed by atoms with Gasteiger partial charge in [0.15, 0.2) is 0 Å². The van der Waals surface area contributed by atoms with Crippen molar-refractivity contribution >= 4 is 34.3 Å². The summed E-state index contributed by atoms with van der Waals surface area (Å²) < 4.78 is 7.47. The molecule has 0 aliphatic heterocycles. The number of nitrogens with one attached hydrogen (secondary N) is 2. The molecule has 0 spiro atoms. The van der Waals surface area contributed by atoms with Crippen LogP contribution in [0.5, 0.6) is 5.75 Å². The monoisotopic (exact) mass is 499 g/mol. The number of carbonyl (C=O) groups is 1. The number of methoxy groups -OCH3 is 1. The molecule has 2 atom stereocenters. The summed E-state index contributed by atoms with van der Waals surface area (Å²) in [5.41, 5.74) is 15.3. The van der Waals surface area contributed by atoms with E-state index in [1.54, 1.807) is 7.11 Å². The maximum Gasteiger partial charge on any atom is 0.254 e. The van der Waals surface area contributed by atoms with Crippen LogP contribution in [0.1, 0.15) is 41.6 Å². The highest BCUT2D eigenvalue weighted by Gasteiger charge is 2.23. The Labute approximate surface area is 216 Å². The number of benzene rings is 2. The lowest BCUT2D eigenvalue weighted by Crippen LogP contribution is -2.43. The molecule has 0 unspecified atom stereocenters. The number of aromatic nitrogens is 3. The molecule has 9 heteroatoms. The second-order valence-electron chi connectivity index (χ2n) is 9.49. The number of fused-ring (bicyclic) bond motifs is 1. The molecule has 2 heterocycles. The van der Waals surface area contributed by atoms with Gasteiger partial charge < -0.3 is 31.4 Å². The molecule has 1 aliphatic carbocycles. The third-order valence-corrected chi connectivity index (χ3v) is 7.06. The standard InChI is InChI=1S/C28H33N7O2/c1-37-19-11-9-18(10-12-19)13-15-35-16-14-20-23(7-4-8-25(20)35)32-27-21(26(30)36)17-31-28(34-27)33-24-6-3-2-5-22(24)29/h4,7-12,14,16-17,22,24H,2-3,5-6,13,15,29H2,1H3,(H2,30,36)(H2,31,32,33,34)/t22-,24+/m0/s1. The van der Waals surface area contributed by atoms with E-state index < -0.39 is 5.91 Å². The van der Waals surface area contributed by atoms with Gasteiger partial charge in [-0.3, -0.25) is 4.79 Å². The molecule has 0 bridgehead atoms. The Bertz CT molecular complexity index is 1380. The summed E-state index contributed by atoms with van der Waals surface area (Å²) in [5, 5.41) is 7.71. The minimum absolute atomic E-state index is 0.0519. The highest BCUT2D eigenvalue weighted by Crippen LogP contribution is 2.29. The lowest BCUT2D eigenvalue weighted by Gasteiger charge is -2.29. The van der Waals surface area contributed by atoms with E-state index in [1.807, 2.05) is 24.3 Å². The Morgan fingerprint density at radius 3 is 2.70 bits per heavy atom. The van der Waals surface area contributed by atoms with Crippen molar-refractivity contribution in [1.82, 2.24) is 14.5 Å². The van der Waals surface area contributed by atoms with E-state index in [4.69, 9.17) is 16.2 Å². The largest absolute Gasteiger partial charge is 0.497 e. The van der Waals surface area contributed by atoms with Gasteiger partial charge in [0.1, 0.15) is 17.1 Å². The number of amides is 1. The number of nitrogens with zero attached hydrogens (tertiary/aromatic N) is 3. The zero-order chi connectivity index (χ0) is 25.8. The molecule has 37 heavy (non-hydrogen) atoms. The highest BCUT2D eigenvalue weighted by atomic mass is 16.5. The minimum Gasteiger partial charge on any atom is -0.497 e. The molecule has 1 fully saturated rings. The molecule has 4 aromatic rings. The summed E-state index contributed by atoms with van der Waals surface area (Å²) in [6, 6.07) is 16.4. The molecular weight excluding hydrogens is 466 g/mol. The lowest BCUT2D eigenvalue weighted by molar-refractivity contribution is 0.100. The van der Waals surface area contributed by atoms with Crippen LogP contribution in [-0.4, -0.2) is 39.6 Å². The van der Waals surface area contributed by atoms with Crippen LogP contribution in [-0.2, 0) is 13.0 Å². The fraction of sp³-hybridized carbons (Fsp3) is 0.321. The van der Waals surface area contributed by atoms with Crippen LogP contribution in [0.3, 0.4) is 0 Å². The molecule has 1 amide bonds. The van der Waals surface area contributed by atoms with Crippen molar-refractivity contribution in [3.8, 4) is 5.75 Å². The molecular formula is C28H33N7O2. The smallest absolute Gasteiger partial charge is 0.254 e. The Hall–Kier alpha value is -4.11. The van der Waals surface area contributed by atoms with E-state index in [2.05, 4.69) is 55.6 Å². The number of primary amides is 1. The first-order valence-corrected chi connectivity index (χ1v) is 12.7. The molecule has 0 saturated heterocycles. The molecule has 0 radical (unpaired) electrons. The van der Waals surface area contributed by atoms with Gasteiger partial charge in [0.25, 0.3) is 5.91 Å². The van der Waals surface area contributed by atoms with Crippen molar-refractivity contribution in [3.05, 3.63) is 72.1 Å². The second-order valence-corrected chi connectivity index (χ2v) is 9.49. The van der Waals surface area contributed by atoms with Gasteiger partial charge in [-0.05, 0) is 55.2 Å². The number of hydrogen-bond acceptors (Lipinski definition) is 7. The van der Waals surface area contributed by atoms with E-state index >= 15 is 0 Å². The van der Waals surface area contributed by atoms with Gasteiger partial charge in [-0.25, -0.2) is 4.98 Å². The molecule has 2 aromatic heterocycles. The van der Waals surface area contributed by atoms with E-state index in [-0.39, 0.29) is 17.6 Å². The third-order valence-electron chi connectivity index (χ3n) is 7.06. The van der Waals surface area contributed by atoms with Crippen LogP contribution >= 0.6 is 0 Å². The zero-order valence-corrected chi connectivity index (χ0v) is 21.0. The Balaban J connectivity index is 1.37. The highest BCUT2D eigenvalue weighted by molar-refractivity contribution is 6.00. The first kappa shape index (κ1) is 24.6. The van der Waals surface area contributed by atoms with Gasteiger partial charge in [0.05, 0.1) is 12.6 Å². The van der Waals surface area contributed by atoms with Crippen molar-refractivity contribution in [2.45, 2.75) is 50.7 Å². The average molecular weight is 500 g/mol. The lowest BCUT2D eigenvalue weighted by atomic mass is 9.91. The predicted molar refractivity (Wildman–Crippen MR) is 146 cm³/mol. The summed E-state index contributed by atoms with van der Waals surface area (Å²) in [6.07, 6.45) is 8.63. The maximum atomic E-state index is 12.1. The van der Waals surface area contributed by atoms with E-state index in [9.17, 15) is 4.79 Å². The van der Waals surface area contributed by atoms with Crippen molar-refractivity contribution in [2.24, 2.45) is 11.5 Å². The zero-order valence-electron chi connectivity index (χ0n) is 21.0. The Morgan fingerprint density at radius 2 is 1.95 bits per heavy atom. The first-order valence-electron chi connectivity index (χ1n) is 12.7. The topological polar surface area (TPSA) is 133 Å². The van der Waals surface area contributed by atoms with Crippen LogP contribution < -0.4 is 26.8 Å². The number of ether oxygens (including phenoxy) is 1. The van der Waals surface area contributed by atoms with Crippen LogP contribution in [0.25, 0.3) is 10.9 Å². The summed E-state index contributed by atoms with van der Waals surface area (Å²) >= 11 is 0. The van der Waals surface area contributed by atoms with E-state index in [0.29, 0.717) is 11.8 Å². The predicted octanol–water partition coefficient (Wildman–Crippen LogP) is 4.21. The van der Waals surface area contributed by atoms with Gasteiger partial charge in [-0.15, -0.1) is 0 Å². The van der Waals surface area contributed by atoms with E-state index in [1.165, 1.54) is 11.8 Å². The summed E-state index contributed by atoms with van der Waals surface area (Å²) in [5.74, 6) is 1.06. The number of aryl methyl sites for hydroxylation is 2. The molecule has 1 aliphatic rings. The SMILES string of the molecule is COc1ccc(CCn2ccc3c(Nc4nc(N[C@@H]5CCCC[C@@H]5N)ncc4C(N)=O)cccc32)cc1. The minimum atomic E-state index is -0.590. The Morgan fingerprint density at radius 1 is 1.14 bits per heavy atom. The Kier molecular flexibility index (Phi) is 7.23. The molecule has 6 N–H and O–H groups in total. The van der Waals surface area contributed by atoms with Crippen LogP contribution in [0.15, 0.2) is 60.9 Å². The van der Waals surface area contributed by atoms with Gasteiger partial charge in [-0.1, -0.05) is 31.0 Å². The van der Waals surface area contributed by atoms with Crippen molar-refractivity contribution < 1.29 is 9.53 Å². The van der Waals surface area contributed by atoms with Crippen LogP contribution in [0.4, 0.5) is 17.5 Å². The van der Waals surface area contributed by atoms with Gasteiger partial charge >= 0.3 is 0 Å². The molecule has 192 valence electrons. The average Bonchev–Trinajstić information content (AvgIpc) is 3.33. The first-order chi connectivity index (χ1) is 18.0. The molecule has 9 nitrogen and oxygen atoms in total. The van der Waals surface area contributed by atoms with E-state index in [0.717, 1.165) is 61.0 Å². The number of hydrogen-bond donors (Lipinski definition) is 4. The fourth-order valence-electron chi connectivity index (χ4n) is 4.93. The van der Waals surface area contributed by atoms with Gasteiger partial charge in [0, 0.05) is 42.1 Å². The normalized spacial score (nSPS) is 17.5. The molecule has 5 rings (SSSR count). The van der Waals surface area contributed by atoms with Gasteiger partial charge in [-0.2, -0.15) is 4.98 Å². The van der Waals surface area contributed by atoms with Crippen LogP contribution in [0, 0.1) is 0 Å². The van der Waals surface area contributed by atoms with Crippen molar-refractivity contribution in [3.63, 3.8) is 0 Å². The third kappa shape index (κ3) is 5.51. The molecule has 2 aromatic carbocycles. The van der Waals surface area contributed by atoms with Crippen molar-refractivity contribution in [1.29, 1.82) is 0 Å². The maximum absolute atomic E-state index is 12.1. The number of nitrogens with two attached hydrogens (primary N) is 2. The number of rotatable bonds is 9. The fourth-order valence-corrected chi connectivity index (χ4v) is 4.93. The van der Waals surface area contributed by atoms with Crippen molar-refractivity contribution in [2.75, 3.05) is 17.7 Å². The number of carbonyl (C=O) groups excluding carboxylic acids is 1. The number of anilines is 3.